The van der Waals surface area contributed by atoms with Crippen LogP contribution in [0.4, 0.5) is 5.82 Å². The summed E-state index contributed by atoms with van der Waals surface area (Å²) in [5, 5.41) is 4.36. The average Bonchev–Trinajstić information content (AvgIpc) is 3.15. The quantitative estimate of drug-likeness (QED) is 0.617. The molecule has 1 fully saturated rings. The number of alkyl halides is 1. The summed E-state index contributed by atoms with van der Waals surface area (Å²) in [7, 11) is 0. The highest BCUT2D eigenvalue weighted by Gasteiger charge is 2.19. The van der Waals surface area contributed by atoms with Crippen LogP contribution in [0.15, 0.2) is 36.7 Å². The molecule has 1 aliphatic heterocycles. The summed E-state index contributed by atoms with van der Waals surface area (Å²) in [6.45, 7) is 8.61. The molecule has 28 heavy (non-hydrogen) atoms. The van der Waals surface area contributed by atoms with Crippen LogP contribution in [0, 0.1) is 13.8 Å². The number of nitrogens with zero attached hydrogens (tertiary/aromatic N) is 7. The van der Waals surface area contributed by atoms with Crippen molar-refractivity contribution in [1.82, 2.24) is 29.6 Å². The molecule has 0 spiro atoms. The maximum Gasteiger partial charge on any atom is 0.161 e. The summed E-state index contributed by atoms with van der Waals surface area (Å²) >= 11 is 5.87. The number of aryl methyl sites for hydroxylation is 2. The van der Waals surface area contributed by atoms with Crippen LogP contribution in [0.25, 0.3) is 5.82 Å². The molecular weight excluding hydrogens is 374 g/mol. The predicted octanol–water partition coefficient (Wildman–Crippen LogP) is 2.74. The van der Waals surface area contributed by atoms with E-state index in [0.717, 1.165) is 61.6 Å². The Labute approximate surface area is 170 Å². The molecule has 4 rings (SSSR count). The SMILES string of the molecule is Cc1nc(N2CCN(Cc3ccc(CCl)cc3)CC2)cc(-n2cnc(C)n2)n1. The van der Waals surface area contributed by atoms with Crippen LogP contribution in [0.2, 0.25) is 0 Å². The summed E-state index contributed by atoms with van der Waals surface area (Å²) in [5.74, 6) is 3.73. The second-order valence-electron chi connectivity index (χ2n) is 7.08. The number of hydrogen-bond donors (Lipinski definition) is 0. The van der Waals surface area contributed by atoms with Crippen molar-refractivity contribution in [1.29, 1.82) is 0 Å². The van der Waals surface area contributed by atoms with Gasteiger partial charge in [0.15, 0.2) is 5.82 Å². The predicted molar refractivity (Wildman–Crippen MR) is 110 cm³/mol. The molecule has 8 heteroatoms. The Kier molecular flexibility index (Phi) is 5.54. The van der Waals surface area contributed by atoms with E-state index in [1.54, 1.807) is 11.0 Å². The van der Waals surface area contributed by atoms with Gasteiger partial charge in [-0.25, -0.2) is 19.6 Å². The fourth-order valence-electron chi connectivity index (χ4n) is 3.40. The van der Waals surface area contributed by atoms with E-state index in [1.165, 1.54) is 5.56 Å². The van der Waals surface area contributed by atoms with Gasteiger partial charge in [0.2, 0.25) is 0 Å². The molecule has 0 aliphatic carbocycles. The molecule has 1 saturated heterocycles. The topological polar surface area (TPSA) is 63.0 Å². The Bertz CT molecular complexity index is 930. The molecule has 7 nitrogen and oxygen atoms in total. The zero-order valence-electron chi connectivity index (χ0n) is 16.2. The van der Waals surface area contributed by atoms with Gasteiger partial charge in [-0.05, 0) is 25.0 Å². The van der Waals surface area contributed by atoms with Gasteiger partial charge in [0.05, 0.1) is 0 Å². The van der Waals surface area contributed by atoms with Gasteiger partial charge in [-0.3, -0.25) is 4.90 Å². The Morgan fingerprint density at radius 3 is 2.21 bits per heavy atom. The van der Waals surface area contributed by atoms with E-state index >= 15 is 0 Å². The summed E-state index contributed by atoms with van der Waals surface area (Å²) < 4.78 is 1.70. The molecular formula is C20H24ClN7. The zero-order valence-corrected chi connectivity index (χ0v) is 17.0. The maximum absolute atomic E-state index is 5.87. The lowest BCUT2D eigenvalue weighted by Gasteiger charge is -2.35. The first-order valence-electron chi connectivity index (χ1n) is 9.46. The minimum absolute atomic E-state index is 0.563. The van der Waals surface area contributed by atoms with Crippen molar-refractivity contribution in [2.45, 2.75) is 26.3 Å². The molecule has 0 saturated carbocycles. The molecule has 0 bridgehead atoms. The number of piperazine rings is 1. The zero-order chi connectivity index (χ0) is 19.5. The van der Waals surface area contributed by atoms with Gasteiger partial charge in [0.1, 0.15) is 23.8 Å². The van der Waals surface area contributed by atoms with Crippen molar-refractivity contribution in [3.63, 3.8) is 0 Å². The van der Waals surface area contributed by atoms with Gasteiger partial charge < -0.3 is 4.90 Å². The van der Waals surface area contributed by atoms with Gasteiger partial charge in [-0.1, -0.05) is 24.3 Å². The lowest BCUT2D eigenvalue weighted by atomic mass is 10.1. The third-order valence-corrected chi connectivity index (χ3v) is 5.24. The van der Waals surface area contributed by atoms with E-state index in [2.05, 4.69) is 54.1 Å². The molecule has 0 atom stereocenters. The summed E-state index contributed by atoms with van der Waals surface area (Å²) in [4.78, 5) is 18.1. The second kappa shape index (κ2) is 8.24. The fourth-order valence-corrected chi connectivity index (χ4v) is 3.58. The molecule has 3 aromatic rings. The van der Waals surface area contributed by atoms with Crippen LogP contribution >= 0.6 is 11.6 Å². The second-order valence-corrected chi connectivity index (χ2v) is 7.35. The maximum atomic E-state index is 5.87. The monoisotopic (exact) mass is 397 g/mol. The van der Waals surface area contributed by atoms with Crippen LogP contribution in [0.5, 0.6) is 0 Å². The van der Waals surface area contributed by atoms with Gasteiger partial charge >= 0.3 is 0 Å². The van der Waals surface area contributed by atoms with Gasteiger partial charge in [-0.15, -0.1) is 11.6 Å². The Morgan fingerprint density at radius 1 is 0.893 bits per heavy atom. The third-order valence-electron chi connectivity index (χ3n) is 4.93. The molecule has 0 amide bonds. The van der Waals surface area contributed by atoms with Gasteiger partial charge in [0.25, 0.3) is 0 Å². The van der Waals surface area contributed by atoms with E-state index in [9.17, 15) is 0 Å². The Morgan fingerprint density at radius 2 is 1.57 bits per heavy atom. The van der Waals surface area contributed by atoms with Gasteiger partial charge in [0, 0.05) is 44.7 Å². The number of anilines is 1. The van der Waals surface area contributed by atoms with Crippen LogP contribution in [-0.4, -0.2) is 55.8 Å². The first-order valence-corrected chi connectivity index (χ1v) is 9.99. The van der Waals surface area contributed by atoms with E-state index in [4.69, 9.17) is 11.6 Å². The van der Waals surface area contributed by atoms with Crippen molar-refractivity contribution in [3.8, 4) is 5.82 Å². The van der Waals surface area contributed by atoms with Crippen molar-refractivity contribution in [2.24, 2.45) is 0 Å². The van der Waals surface area contributed by atoms with Gasteiger partial charge in [-0.2, -0.15) is 5.10 Å². The van der Waals surface area contributed by atoms with Crippen LogP contribution in [-0.2, 0) is 12.4 Å². The molecule has 0 unspecified atom stereocenters. The lowest BCUT2D eigenvalue weighted by Crippen LogP contribution is -2.46. The first-order chi connectivity index (χ1) is 13.6. The van der Waals surface area contributed by atoms with Crippen LogP contribution in [0.3, 0.4) is 0 Å². The highest BCUT2D eigenvalue weighted by Crippen LogP contribution is 2.18. The standard InChI is InChI=1S/C20H24ClN7/c1-15-22-14-28(25-15)20-11-19(23-16(2)24-20)27-9-7-26(8-10-27)13-18-5-3-17(12-21)4-6-18/h3-6,11,14H,7-10,12-13H2,1-2H3. The summed E-state index contributed by atoms with van der Waals surface area (Å²) in [6, 6.07) is 10.5. The van der Waals surface area contributed by atoms with Crippen LogP contribution < -0.4 is 4.90 Å². The molecule has 3 heterocycles. The molecule has 2 aromatic heterocycles. The third kappa shape index (κ3) is 4.31. The molecule has 146 valence electrons. The fraction of sp³-hybridized carbons (Fsp3) is 0.400. The number of hydrogen-bond acceptors (Lipinski definition) is 6. The highest BCUT2D eigenvalue weighted by molar-refractivity contribution is 6.17. The van der Waals surface area contributed by atoms with Crippen molar-refractivity contribution >= 4 is 17.4 Å². The first kappa shape index (κ1) is 18.8. The minimum Gasteiger partial charge on any atom is -0.354 e. The number of aromatic nitrogens is 5. The van der Waals surface area contributed by atoms with E-state index in [-0.39, 0.29) is 0 Å². The van der Waals surface area contributed by atoms with Crippen LogP contribution in [0.1, 0.15) is 22.8 Å². The number of rotatable bonds is 5. The molecule has 1 aliphatic rings. The Hall–Kier alpha value is -2.51. The van der Waals surface area contributed by atoms with E-state index < -0.39 is 0 Å². The lowest BCUT2D eigenvalue weighted by molar-refractivity contribution is 0.249. The highest BCUT2D eigenvalue weighted by atomic mass is 35.5. The molecule has 0 N–H and O–H groups in total. The summed E-state index contributed by atoms with van der Waals surface area (Å²) in [5.41, 5.74) is 2.48. The normalized spacial score (nSPS) is 15.2. The number of benzene rings is 1. The molecule has 0 radical (unpaired) electrons. The average molecular weight is 398 g/mol. The minimum atomic E-state index is 0.563. The smallest absolute Gasteiger partial charge is 0.161 e. The van der Waals surface area contributed by atoms with Crippen molar-refractivity contribution < 1.29 is 0 Å². The summed E-state index contributed by atoms with van der Waals surface area (Å²) in [6.07, 6.45) is 1.69. The van der Waals surface area contributed by atoms with Crippen molar-refractivity contribution in [2.75, 3.05) is 31.1 Å². The number of halogens is 1. The largest absolute Gasteiger partial charge is 0.354 e. The van der Waals surface area contributed by atoms with E-state index in [0.29, 0.717) is 5.88 Å². The Balaban J connectivity index is 1.41. The van der Waals surface area contributed by atoms with E-state index in [1.807, 2.05) is 19.9 Å². The van der Waals surface area contributed by atoms with Crippen molar-refractivity contribution in [3.05, 3.63) is 59.4 Å². The molecule has 1 aromatic carbocycles.